The van der Waals surface area contributed by atoms with E-state index < -0.39 is 0 Å². The normalized spacial score (nSPS) is 27.6. The van der Waals surface area contributed by atoms with Crippen LogP contribution < -0.4 is 5.32 Å². The van der Waals surface area contributed by atoms with Gasteiger partial charge >= 0.3 is 0 Å². The first kappa shape index (κ1) is 13.9. The Morgan fingerprint density at radius 2 is 1.90 bits per heavy atom. The molecule has 1 aliphatic carbocycles. The molecule has 2 unspecified atom stereocenters. The molecule has 1 saturated heterocycles. The highest BCUT2D eigenvalue weighted by Crippen LogP contribution is 2.28. The smallest absolute Gasteiger partial charge is 0.0594 e. The van der Waals surface area contributed by atoms with Crippen LogP contribution >= 0.6 is 0 Å². The maximum atomic E-state index is 5.39. The highest BCUT2D eigenvalue weighted by atomic mass is 16.5. The van der Waals surface area contributed by atoms with Gasteiger partial charge in [-0.2, -0.15) is 0 Å². The monoisotopic (exact) mass is 274 g/mol. The minimum Gasteiger partial charge on any atom is -0.382 e. The highest BCUT2D eigenvalue weighted by Gasteiger charge is 2.22. The van der Waals surface area contributed by atoms with E-state index >= 15 is 0 Å². The Morgan fingerprint density at radius 3 is 2.55 bits per heavy atom. The molecule has 20 heavy (non-hydrogen) atoms. The first-order valence-electron chi connectivity index (χ1n) is 7.97. The van der Waals surface area contributed by atoms with E-state index in [1.807, 2.05) is 0 Å². The lowest BCUT2D eigenvalue weighted by Crippen LogP contribution is -2.35. The van der Waals surface area contributed by atoms with Gasteiger partial charge in [0.1, 0.15) is 0 Å². The van der Waals surface area contributed by atoms with E-state index in [4.69, 9.17) is 4.74 Å². The van der Waals surface area contributed by atoms with E-state index in [9.17, 15) is 0 Å². The minimum absolute atomic E-state index is 0.667. The zero-order valence-corrected chi connectivity index (χ0v) is 12.5. The third-order valence-corrected chi connectivity index (χ3v) is 4.68. The Hall–Kier alpha value is -1.06. The minimum atomic E-state index is 0.667. The van der Waals surface area contributed by atoms with Crippen LogP contribution in [0.2, 0.25) is 0 Å². The van der Waals surface area contributed by atoms with Crippen LogP contribution in [0.4, 0.5) is 5.69 Å². The van der Waals surface area contributed by atoms with Gasteiger partial charge in [0.05, 0.1) is 13.2 Å². The summed E-state index contributed by atoms with van der Waals surface area (Å²) < 4.78 is 5.39. The van der Waals surface area contributed by atoms with Crippen molar-refractivity contribution in [3.8, 4) is 0 Å². The standard InChI is InChI=1S/C17H26N2O/c1-14-3-2-4-17(14)18-16-7-5-15(6-8-16)13-19-9-11-20-12-10-19/h5-8,14,17-18H,2-4,9-13H2,1H3. The Kier molecular flexibility index (Phi) is 4.58. The summed E-state index contributed by atoms with van der Waals surface area (Å²) in [7, 11) is 0. The second kappa shape index (κ2) is 6.59. The molecule has 1 aromatic carbocycles. The molecule has 3 rings (SSSR count). The van der Waals surface area contributed by atoms with Crippen LogP contribution in [0.1, 0.15) is 31.7 Å². The quantitative estimate of drug-likeness (QED) is 0.913. The molecule has 1 saturated carbocycles. The number of nitrogens with zero attached hydrogens (tertiary/aromatic N) is 1. The molecule has 0 spiro atoms. The van der Waals surface area contributed by atoms with Crippen molar-refractivity contribution in [3.05, 3.63) is 29.8 Å². The van der Waals surface area contributed by atoms with E-state index in [1.54, 1.807) is 0 Å². The van der Waals surface area contributed by atoms with Crippen LogP contribution in [-0.2, 0) is 11.3 Å². The summed E-state index contributed by atoms with van der Waals surface area (Å²) in [5, 5.41) is 3.69. The van der Waals surface area contributed by atoms with Crippen molar-refractivity contribution in [1.29, 1.82) is 0 Å². The Bertz CT molecular complexity index is 412. The number of hydrogen-bond acceptors (Lipinski definition) is 3. The van der Waals surface area contributed by atoms with Crippen LogP contribution in [0.25, 0.3) is 0 Å². The fourth-order valence-electron chi connectivity index (χ4n) is 3.30. The zero-order valence-electron chi connectivity index (χ0n) is 12.5. The molecule has 1 aromatic rings. The second-order valence-electron chi connectivity index (χ2n) is 6.24. The van der Waals surface area contributed by atoms with E-state index in [-0.39, 0.29) is 0 Å². The number of nitrogens with one attached hydrogen (secondary N) is 1. The molecular formula is C17H26N2O. The van der Waals surface area contributed by atoms with Gasteiger partial charge in [0.15, 0.2) is 0 Å². The molecule has 2 fully saturated rings. The second-order valence-corrected chi connectivity index (χ2v) is 6.24. The summed E-state index contributed by atoms with van der Waals surface area (Å²) >= 11 is 0. The maximum Gasteiger partial charge on any atom is 0.0594 e. The average Bonchev–Trinajstić information content (AvgIpc) is 2.88. The summed E-state index contributed by atoms with van der Waals surface area (Å²) in [6, 6.07) is 9.66. The SMILES string of the molecule is CC1CCCC1Nc1ccc(CN2CCOCC2)cc1. The van der Waals surface area contributed by atoms with Crippen LogP contribution in [0.3, 0.4) is 0 Å². The lowest BCUT2D eigenvalue weighted by Gasteiger charge is -2.26. The fourth-order valence-corrected chi connectivity index (χ4v) is 3.30. The summed E-state index contributed by atoms with van der Waals surface area (Å²) in [5.41, 5.74) is 2.67. The van der Waals surface area contributed by atoms with Crippen molar-refractivity contribution >= 4 is 5.69 Å². The third kappa shape index (κ3) is 3.53. The van der Waals surface area contributed by atoms with Gasteiger partial charge in [0, 0.05) is 31.4 Å². The van der Waals surface area contributed by atoms with Crippen molar-refractivity contribution in [2.45, 2.75) is 38.8 Å². The summed E-state index contributed by atoms with van der Waals surface area (Å²) in [5.74, 6) is 0.808. The number of rotatable bonds is 4. The van der Waals surface area contributed by atoms with Gasteiger partial charge in [-0.25, -0.2) is 0 Å². The lowest BCUT2D eigenvalue weighted by molar-refractivity contribution is 0.0342. The van der Waals surface area contributed by atoms with Crippen LogP contribution in [0.5, 0.6) is 0 Å². The summed E-state index contributed by atoms with van der Waals surface area (Å²) in [6.45, 7) is 7.26. The van der Waals surface area contributed by atoms with Gasteiger partial charge in [-0.3, -0.25) is 4.90 Å². The molecule has 0 bridgehead atoms. The number of benzene rings is 1. The predicted octanol–water partition coefficient (Wildman–Crippen LogP) is 3.12. The van der Waals surface area contributed by atoms with Gasteiger partial charge in [-0.1, -0.05) is 25.5 Å². The van der Waals surface area contributed by atoms with Crippen LogP contribution in [0, 0.1) is 5.92 Å². The molecule has 1 N–H and O–H groups in total. The topological polar surface area (TPSA) is 24.5 Å². The van der Waals surface area contributed by atoms with E-state index in [0.717, 1.165) is 38.8 Å². The molecule has 0 aromatic heterocycles. The summed E-state index contributed by atoms with van der Waals surface area (Å²) in [6.07, 6.45) is 4.05. The van der Waals surface area contributed by atoms with Gasteiger partial charge in [-0.05, 0) is 36.5 Å². The molecule has 1 aliphatic heterocycles. The number of hydrogen-bond donors (Lipinski definition) is 1. The first-order valence-corrected chi connectivity index (χ1v) is 7.97. The molecule has 0 radical (unpaired) electrons. The van der Waals surface area contributed by atoms with E-state index in [2.05, 4.69) is 41.4 Å². The Morgan fingerprint density at radius 1 is 1.15 bits per heavy atom. The van der Waals surface area contributed by atoms with Crippen LogP contribution in [-0.4, -0.2) is 37.2 Å². The molecule has 3 nitrogen and oxygen atoms in total. The maximum absolute atomic E-state index is 5.39. The number of ether oxygens (including phenoxy) is 1. The predicted molar refractivity (Wildman–Crippen MR) is 83.0 cm³/mol. The van der Waals surface area contributed by atoms with Crippen molar-refractivity contribution in [2.75, 3.05) is 31.6 Å². The molecule has 110 valence electrons. The third-order valence-electron chi connectivity index (χ3n) is 4.68. The van der Waals surface area contributed by atoms with Gasteiger partial charge in [-0.15, -0.1) is 0 Å². The largest absolute Gasteiger partial charge is 0.382 e. The summed E-state index contributed by atoms with van der Waals surface area (Å²) in [4.78, 5) is 2.46. The van der Waals surface area contributed by atoms with E-state index in [1.165, 1.54) is 30.5 Å². The Balaban J connectivity index is 1.54. The first-order chi connectivity index (χ1) is 9.81. The number of anilines is 1. The molecule has 2 aliphatic rings. The fraction of sp³-hybridized carbons (Fsp3) is 0.647. The molecule has 1 heterocycles. The van der Waals surface area contributed by atoms with Crippen molar-refractivity contribution in [3.63, 3.8) is 0 Å². The van der Waals surface area contributed by atoms with Gasteiger partial charge in [0.25, 0.3) is 0 Å². The van der Waals surface area contributed by atoms with Crippen molar-refractivity contribution in [1.82, 2.24) is 4.90 Å². The molecular weight excluding hydrogens is 248 g/mol. The van der Waals surface area contributed by atoms with Crippen LogP contribution in [0.15, 0.2) is 24.3 Å². The molecule has 0 amide bonds. The van der Waals surface area contributed by atoms with Gasteiger partial charge < -0.3 is 10.1 Å². The Labute approximate surface area is 122 Å². The zero-order chi connectivity index (χ0) is 13.8. The van der Waals surface area contributed by atoms with Crippen molar-refractivity contribution in [2.24, 2.45) is 5.92 Å². The molecule has 3 heteroatoms. The van der Waals surface area contributed by atoms with Crippen molar-refractivity contribution < 1.29 is 4.74 Å². The van der Waals surface area contributed by atoms with Gasteiger partial charge in [0.2, 0.25) is 0 Å². The number of morpholine rings is 1. The average molecular weight is 274 g/mol. The lowest BCUT2D eigenvalue weighted by atomic mass is 10.1. The molecule has 2 atom stereocenters. The highest BCUT2D eigenvalue weighted by molar-refractivity contribution is 5.45. The van der Waals surface area contributed by atoms with E-state index in [0.29, 0.717) is 6.04 Å².